The summed E-state index contributed by atoms with van der Waals surface area (Å²) in [5.41, 5.74) is 3.71. The Morgan fingerprint density at radius 1 is 0.714 bits per heavy atom. The van der Waals surface area contributed by atoms with Crippen LogP contribution in [0.4, 0.5) is 5.69 Å². The molecular weight excluding hydrogens is 646 g/mol. The molecule has 2 aliphatic heterocycles. The Bertz CT molecular complexity index is 1800. The second-order valence-electron chi connectivity index (χ2n) is 11.5. The van der Waals surface area contributed by atoms with Crippen molar-refractivity contribution in [3.05, 3.63) is 112 Å². The van der Waals surface area contributed by atoms with Crippen LogP contribution in [-0.2, 0) is 41.6 Å². The van der Waals surface area contributed by atoms with Crippen LogP contribution in [0.5, 0.6) is 0 Å². The first kappa shape index (κ1) is 34.5. The maximum atomic E-state index is 13.7. The molecule has 0 aliphatic carbocycles. The average Bonchev–Trinajstić information content (AvgIpc) is 3.64. The molecule has 0 radical (unpaired) electrons. The molecule has 2 aliphatic rings. The number of anilines is 1. The van der Waals surface area contributed by atoms with Crippen molar-refractivity contribution in [2.75, 3.05) is 11.9 Å². The van der Waals surface area contributed by atoms with Crippen molar-refractivity contribution in [3.8, 4) is 11.1 Å². The van der Waals surface area contributed by atoms with E-state index in [0.29, 0.717) is 16.1 Å². The molecule has 6 N–H and O–H groups in total. The third-order valence-electron chi connectivity index (χ3n) is 7.84. The number of thiophene rings is 1. The molecular formula is C36H35N5O7S. The Labute approximate surface area is 286 Å². The van der Waals surface area contributed by atoms with Crippen molar-refractivity contribution >= 4 is 52.5 Å². The van der Waals surface area contributed by atoms with Crippen LogP contribution in [0.3, 0.4) is 0 Å². The second-order valence-corrected chi connectivity index (χ2v) is 12.4. The fraction of sp³-hybridized carbons (Fsp3) is 0.222. The molecule has 13 heteroatoms. The van der Waals surface area contributed by atoms with Gasteiger partial charge in [0.15, 0.2) is 0 Å². The predicted octanol–water partition coefficient (Wildman–Crippen LogP) is 2.96. The van der Waals surface area contributed by atoms with Gasteiger partial charge in [0.1, 0.15) is 18.1 Å². The van der Waals surface area contributed by atoms with Gasteiger partial charge in [-0.2, -0.15) is 0 Å². The topological polar surface area (TPSA) is 183 Å². The maximum Gasteiger partial charge on any atom is 0.326 e. The Morgan fingerprint density at radius 3 is 2.08 bits per heavy atom. The molecule has 3 aromatic carbocycles. The van der Waals surface area contributed by atoms with Crippen LogP contribution in [-0.4, -0.2) is 59.2 Å². The van der Waals surface area contributed by atoms with Gasteiger partial charge in [0.2, 0.25) is 29.5 Å². The molecule has 1 aromatic heterocycles. The van der Waals surface area contributed by atoms with E-state index in [0.717, 1.165) is 16.7 Å². The number of hydrogen-bond donors (Lipinski definition) is 6. The highest BCUT2D eigenvalue weighted by molar-refractivity contribution is 7.10. The predicted molar refractivity (Wildman–Crippen MR) is 183 cm³/mol. The van der Waals surface area contributed by atoms with Crippen LogP contribution >= 0.6 is 11.3 Å². The van der Waals surface area contributed by atoms with E-state index >= 15 is 0 Å². The lowest BCUT2D eigenvalue weighted by atomic mass is 10.00. The van der Waals surface area contributed by atoms with Gasteiger partial charge in [-0.1, -0.05) is 72.8 Å². The number of benzene rings is 3. The summed E-state index contributed by atoms with van der Waals surface area (Å²) in [4.78, 5) is 78.2. The van der Waals surface area contributed by atoms with Gasteiger partial charge in [-0.15, -0.1) is 11.3 Å². The standard InChI is InChI=1S/C36H35N5O7S/c42-30-16-17-31(43)41-33(29-7-4-18-49-29)35(46)40-27(19-22-8-12-25(13-9-22)24-5-2-1-3-6-24)34(45)37-21-32(44)39-28(36(47)48)20-23-10-14-26(38-30)15-11-23/h1-15,18,27-28,33H,16-17,19-21H2,(H,37,45)(H,38,42)(H,39,44)(H,40,46)(H,41,43)(H,47,48)/t27-,28-,33?/m0/s1. The van der Waals surface area contributed by atoms with Crippen LogP contribution in [0, 0.1) is 0 Å². The zero-order valence-corrected chi connectivity index (χ0v) is 27.1. The summed E-state index contributed by atoms with van der Waals surface area (Å²) >= 11 is 1.24. The number of nitrogens with one attached hydrogen (secondary N) is 5. The number of carbonyl (C=O) groups is 6. The first-order chi connectivity index (χ1) is 23.6. The van der Waals surface area contributed by atoms with Gasteiger partial charge < -0.3 is 31.7 Å². The average molecular weight is 682 g/mol. The first-order valence-electron chi connectivity index (χ1n) is 15.6. The molecule has 0 saturated carbocycles. The highest BCUT2D eigenvalue weighted by Gasteiger charge is 2.30. The molecule has 3 heterocycles. The minimum absolute atomic E-state index is 0.0487. The quantitative estimate of drug-likeness (QED) is 0.175. The molecule has 252 valence electrons. The maximum absolute atomic E-state index is 13.7. The highest BCUT2D eigenvalue weighted by Crippen LogP contribution is 2.22. The normalized spacial score (nSPS) is 19.8. The largest absolute Gasteiger partial charge is 0.480 e. The number of rotatable bonds is 5. The molecule has 3 atom stereocenters. The summed E-state index contributed by atoms with van der Waals surface area (Å²) in [6.07, 6.45) is -0.368. The third-order valence-corrected chi connectivity index (χ3v) is 8.78. The van der Waals surface area contributed by atoms with E-state index in [1.165, 1.54) is 11.3 Å². The van der Waals surface area contributed by atoms with Gasteiger partial charge in [0.25, 0.3) is 0 Å². The Kier molecular flexibility index (Phi) is 11.5. The molecule has 6 rings (SSSR count). The molecule has 1 unspecified atom stereocenters. The minimum atomic E-state index is -1.29. The van der Waals surface area contributed by atoms with E-state index in [-0.39, 0.29) is 25.7 Å². The van der Waals surface area contributed by atoms with Crippen molar-refractivity contribution in [1.29, 1.82) is 0 Å². The van der Waals surface area contributed by atoms with E-state index in [1.807, 2.05) is 54.6 Å². The number of fused-ring (bicyclic) bond motifs is 18. The molecule has 0 spiro atoms. The number of carboxylic acid groups (broad SMARTS) is 1. The lowest BCUT2D eigenvalue weighted by Crippen LogP contribution is -2.53. The second kappa shape index (κ2) is 16.3. The van der Waals surface area contributed by atoms with E-state index < -0.39 is 60.2 Å². The SMILES string of the molecule is O=C1CCC(=O)NC(c2cccs2)C(=O)N[C@@H](Cc2ccc(-c3ccccc3)cc2)C(=O)NCC(=O)N[C@H](C(=O)O)Cc2ccc(cc2)N1. The smallest absolute Gasteiger partial charge is 0.326 e. The van der Waals surface area contributed by atoms with Gasteiger partial charge >= 0.3 is 5.97 Å². The lowest BCUT2D eigenvalue weighted by Gasteiger charge is -2.23. The molecule has 5 amide bonds. The summed E-state index contributed by atoms with van der Waals surface area (Å²) < 4.78 is 0. The van der Waals surface area contributed by atoms with Crippen molar-refractivity contribution in [2.24, 2.45) is 0 Å². The number of carbonyl (C=O) groups excluding carboxylic acids is 5. The van der Waals surface area contributed by atoms with Crippen LogP contribution in [0.25, 0.3) is 11.1 Å². The van der Waals surface area contributed by atoms with Crippen LogP contribution in [0.1, 0.15) is 34.9 Å². The van der Waals surface area contributed by atoms with Crippen molar-refractivity contribution in [2.45, 2.75) is 43.8 Å². The fourth-order valence-electron chi connectivity index (χ4n) is 5.26. The Balaban J connectivity index is 1.40. The molecule has 2 bridgehead atoms. The summed E-state index contributed by atoms with van der Waals surface area (Å²) in [6.45, 7) is -0.544. The van der Waals surface area contributed by atoms with Gasteiger partial charge in [-0.3, -0.25) is 24.0 Å². The highest BCUT2D eigenvalue weighted by atomic mass is 32.1. The number of carboxylic acids is 1. The third kappa shape index (κ3) is 9.84. The lowest BCUT2D eigenvalue weighted by molar-refractivity contribution is -0.141. The molecule has 0 fully saturated rings. The van der Waals surface area contributed by atoms with Gasteiger partial charge in [-0.05, 0) is 45.8 Å². The molecule has 49 heavy (non-hydrogen) atoms. The molecule has 12 nitrogen and oxygen atoms in total. The summed E-state index contributed by atoms with van der Waals surface area (Å²) in [5, 5.41) is 24.6. The first-order valence-corrected chi connectivity index (χ1v) is 16.5. The summed E-state index contributed by atoms with van der Waals surface area (Å²) in [7, 11) is 0. The van der Waals surface area contributed by atoms with Gasteiger partial charge in [0.05, 0.1) is 6.54 Å². The Hall–Kier alpha value is -5.82. The monoisotopic (exact) mass is 681 g/mol. The van der Waals surface area contributed by atoms with E-state index in [1.54, 1.807) is 41.8 Å². The summed E-state index contributed by atoms with van der Waals surface area (Å²) in [6, 6.07) is 23.4. The van der Waals surface area contributed by atoms with Gasteiger partial charge in [0, 0.05) is 36.2 Å². The Morgan fingerprint density at radius 2 is 1.41 bits per heavy atom. The van der Waals surface area contributed by atoms with E-state index in [2.05, 4.69) is 26.6 Å². The van der Waals surface area contributed by atoms with Crippen LogP contribution in [0.15, 0.2) is 96.4 Å². The molecule has 4 aromatic rings. The van der Waals surface area contributed by atoms with Gasteiger partial charge in [-0.25, -0.2) is 4.79 Å². The molecule has 0 saturated heterocycles. The van der Waals surface area contributed by atoms with E-state index in [4.69, 9.17) is 0 Å². The fourth-order valence-corrected chi connectivity index (χ4v) is 6.04. The number of aliphatic carboxylic acids is 1. The minimum Gasteiger partial charge on any atom is -0.480 e. The summed E-state index contributed by atoms with van der Waals surface area (Å²) in [5.74, 6) is -4.33. The van der Waals surface area contributed by atoms with Crippen LogP contribution < -0.4 is 26.6 Å². The zero-order chi connectivity index (χ0) is 34.8. The zero-order valence-electron chi connectivity index (χ0n) is 26.3. The van der Waals surface area contributed by atoms with Crippen molar-refractivity contribution < 1.29 is 33.9 Å². The van der Waals surface area contributed by atoms with Crippen LogP contribution in [0.2, 0.25) is 0 Å². The van der Waals surface area contributed by atoms with E-state index in [9.17, 15) is 33.9 Å². The number of hydrogen-bond acceptors (Lipinski definition) is 7. The van der Waals surface area contributed by atoms with Crippen molar-refractivity contribution in [3.63, 3.8) is 0 Å². The number of amides is 5. The van der Waals surface area contributed by atoms with Crippen molar-refractivity contribution in [1.82, 2.24) is 21.3 Å².